The molecule has 1 saturated carbocycles. The maximum atomic E-state index is 13.2. The second kappa shape index (κ2) is 9.49. The van der Waals surface area contributed by atoms with E-state index in [2.05, 4.69) is 15.9 Å². The highest BCUT2D eigenvalue weighted by Crippen LogP contribution is 2.33. The number of hydrazine groups is 1. The molecular formula is C16H21ClFN5O5. The molecule has 0 aromatic carbocycles. The van der Waals surface area contributed by atoms with Crippen molar-refractivity contribution in [1.82, 2.24) is 20.9 Å². The number of rotatable bonds is 9. The number of primary amides is 1. The van der Waals surface area contributed by atoms with Gasteiger partial charge in [0.1, 0.15) is 11.8 Å². The number of hydrogen-bond acceptors (Lipinski definition) is 6. The van der Waals surface area contributed by atoms with Gasteiger partial charge in [-0.15, -0.1) is 0 Å². The summed E-state index contributed by atoms with van der Waals surface area (Å²) in [6.07, 6.45) is 1.82. The Balaban J connectivity index is 2.07. The first-order valence-electron chi connectivity index (χ1n) is 8.60. The quantitative estimate of drug-likeness (QED) is 0.385. The van der Waals surface area contributed by atoms with Crippen LogP contribution in [-0.2, 0) is 14.4 Å². The minimum absolute atomic E-state index is 0.00246. The predicted octanol–water partition coefficient (Wildman–Crippen LogP) is 0.151. The van der Waals surface area contributed by atoms with Crippen LogP contribution in [0, 0.1) is 12.8 Å². The number of aryl methyl sites for hydroxylation is 1. The Morgan fingerprint density at radius 2 is 2.11 bits per heavy atom. The number of carbonyl (C=O) groups is 4. The van der Waals surface area contributed by atoms with E-state index in [0.717, 1.165) is 12.8 Å². The number of aromatic nitrogens is 1. The van der Waals surface area contributed by atoms with Gasteiger partial charge < -0.3 is 15.6 Å². The van der Waals surface area contributed by atoms with Crippen molar-refractivity contribution in [1.29, 1.82) is 0 Å². The third-order valence-corrected chi connectivity index (χ3v) is 4.21. The zero-order valence-electron chi connectivity index (χ0n) is 15.1. The van der Waals surface area contributed by atoms with E-state index in [9.17, 15) is 23.6 Å². The van der Waals surface area contributed by atoms with Crippen molar-refractivity contribution >= 4 is 35.2 Å². The lowest BCUT2D eigenvalue weighted by atomic mass is 10.1. The minimum Gasteiger partial charge on any atom is -0.370 e. The van der Waals surface area contributed by atoms with Crippen LogP contribution in [0.1, 0.15) is 41.9 Å². The number of nitrogens with zero attached hydrogens (tertiary/aromatic N) is 2. The summed E-state index contributed by atoms with van der Waals surface area (Å²) in [6, 6.07) is 0.403. The second-order valence-electron chi connectivity index (χ2n) is 6.51. The van der Waals surface area contributed by atoms with Crippen molar-refractivity contribution in [3.05, 3.63) is 17.5 Å². The van der Waals surface area contributed by atoms with Crippen molar-refractivity contribution in [2.45, 2.75) is 44.3 Å². The van der Waals surface area contributed by atoms with Crippen LogP contribution in [0.5, 0.6) is 0 Å². The molecule has 0 saturated heterocycles. The van der Waals surface area contributed by atoms with Crippen LogP contribution in [0.25, 0.3) is 0 Å². The Labute approximate surface area is 164 Å². The summed E-state index contributed by atoms with van der Waals surface area (Å²) in [6.45, 7) is 1.25. The highest BCUT2D eigenvalue weighted by atomic mass is 35.5. The molecule has 0 bridgehead atoms. The van der Waals surface area contributed by atoms with Crippen LogP contribution in [0.15, 0.2) is 10.6 Å². The summed E-state index contributed by atoms with van der Waals surface area (Å²) in [7, 11) is 0. The van der Waals surface area contributed by atoms with E-state index in [4.69, 9.17) is 21.9 Å². The van der Waals surface area contributed by atoms with Gasteiger partial charge in [-0.2, -0.15) is 0 Å². The third-order valence-electron chi connectivity index (χ3n) is 4.03. The lowest BCUT2D eigenvalue weighted by Crippen LogP contribution is -2.56. The van der Waals surface area contributed by atoms with Crippen molar-refractivity contribution in [3.8, 4) is 0 Å². The van der Waals surface area contributed by atoms with Crippen LogP contribution in [0.2, 0.25) is 0 Å². The van der Waals surface area contributed by atoms with Gasteiger partial charge in [-0.3, -0.25) is 24.6 Å². The second-order valence-corrected chi connectivity index (χ2v) is 6.89. The van der Waals surface area contributed by atoms with E-state index >= 15 is 0 Å². The van der Waals surface area contributed by atoms with E-state index in [1.54, 1.807) is 6.92 Å². The lowest BCUT2D eigenvalue weighted by molar-refractivity contribution is -0.144. The van der Waals surface area contributed by atoms with Gasteiger partial charge in [-0.05, 0) is 19.3 Å². The lowest BCUT2D eigenvalue weighted by Gasteiger charge is -2.26. The van der Waals surface area contributed by atoms with E-state index < -0.39 is 35.3 Å². The van der Waals surface area contributed by atoms with Gasteiger partial charge in [0.25, 0.3) is 23.4 Å². The molecule has 4 N–H and O–H groups in total. The molecule has 1 aliphatic rings. The number of amides is 4. The van der Waals surface area contributed by atoms with Gasteiger partial charge in [-0.1, -0.05) is 29.6 Å². The predicted molar refractivity (Wildman–Crippen MR) is 94.3 cm³/mol. The van der Waals surface area contributed by atoms with Crippen LogP contribution in [-0.4, -0.2) is 52.0 Å². The fraction of sp³-hybridized carbons (Fsp3) is 0.562. The summed E-state index contributed by atoms with van der Waals surface area (Å²) >= 11 is 5.15. The fourth-order valence-electron chi connectivity index (χ4n) is 2.40. The number of carbonyl (C=O) groups excluding carboxylic acids is 4. The summed E-state index contributed by atoms with van der Waals surface area (Å²) < 4.78 is 18.0. The van der Waals surface area contributed by atoms with Crippen LogP contribution in [0.4, 0.5) is 4.39 Å². The average molecular weight is 418 g/mol. The molecule has 2 rings (SSSR count). The minimum atomic E-state index is -2.41. The van der Waals surface area contributed by atoms with Crippen molar-refractivity contribution in [2.24, 2.45) is 11.7 Å². The number of nitrogens with one attached hydrogen (secondary N) is 2. The molecule has 1 unspecified atom stereocenters. The Hall–Kier alpha value is -2.69. The number of alkyl halides is 2. The van der Waals surface area contributed by atoms with Gasteiger partial charge in [0, 0.05) is 12.5 Å². The SMILES string of the molecule is Cc1cc(C(=O)N[C@@H](CC2CC2)C(=O)NN(CCC(N)=O)C(=O)C(F)Cl)no1. The van der Waals surface area contributed by atoms with Gasteiger partial charge >= 0.3 is 0 Å². The molecule has 1 aromatic rings. The van der Waals surface area contributed by atoms with Crippen LogP contribution < -0.4 is 16.5 Å². The Bertz CT molecular complexity index is 752. The molecule has 12 heteroatoms. The van der Waals surface area contributed by atoms with Gasteiger partial charge in [0.15, 0.2) is 5.69 Å². The summed E-state index contributed by atoms with van der Waals surface area (Å²) in [4.78, 5) is 47.7. The average Bonchev–Trinajstić information content (AvgIpc) is 3.34. The molecule has 0 aliphatic heterocycles. The third kappa shape index (κ3) is 6.48. The number of nitrogens with two attached hydrogens (primary N) is 1. The van der Waals surface area contributed by atoms with E-state index in [1.165, 1.54) is 6.07 Å². The molecule has 1 aromatic heterocycles. The molecule has 0 spiro atoms. The monoisotopic (exact) mass is 417 g/mol. The maximum absolute atomic E-state index is 13.2. The zero-order chi connectivity index (χ0) is 20.8. The largest absolute Gasteiger partial charge is 0.370 e. The van der Waals surface area contributed by atoms with Crippen LogP contribution in [0.3, 0.4) is 0 Å². The molecule has 28 heavy (non-hydrogen) atoms. The topological polar surface area (TPSA) is 148 Å². The molecule has 4 amide bonds. The van der Waals surface area contributed by atoms with Crippen molar-refractivity contribution in [2.75, 3.05) is 6.54 Å². The summed E-state index contributed by atoms with van der Waals surface area (Å²) in [5.41, 5.74) is 4.81. The van der Waals surface area contributed by atoms with E-state index in [-0.39, 0.29) is 24.6 Å². The molecule has 1 heterocycles. The molecular weight excluding hydrogens is 397 g/mol. The molecule has 154 valence electrons. The summed E-state index contributed by atoms with van der Waals surface area (Å²) in [5.74, 6) is -2.72. The maximum Gasteiger partial charge on any atom is 0.291 e. The molecule has 0 radical (unpaired) electrons. The van der Waals surface area contributed by atoms with E-state index in [1.807, 2.05) is 0 Å². The summed E-state index contributed by atoms with van der Waals surface area (Å²) in [5, 5.41) is 6.69. The first-order valence-corrected chi connectivity index (χ1v) is 9.03. The highest BCUT2D eigenvalue weighted by molar-refractivity contribution is 6.29. The number of hydrogen-bond donors (Lipinski definition) is 3. The van der Waals surface area contributed by atoms with Gasteiger partial charge in [-0.25, -0.2) is 9.40 Å². The normalized spacial score (nSPS) is 15.4. The Morgan fingerprint density at radius 3 is 2.61 bits per heavy atom. The zero-order valence-corrected chi connectivity index (χ0v) is 15.9. The smallest absolute Gasteiger partial charge is 0.291 e. The molecule has 1 fully saturated rings. The molecule has 10 nitrogen and oxygen atoms in total. The first kappa shape index (κ1) is 21.6. The standard InChI is InChI=1S/C16H21ClFN5O5/c1-8-6-11(22-28-8)14(25)20-10(7-9-2-3-9)15(26)21-23(5-4-12(19)24)16(27)13(17)18/h6,9-10,13H,2-5,7H2,1H3,(H2,19,24)(H,20,25)(H,21,26)/t10-,13?/m0/s1. The molecule has 1 aliphatic carbocycles. The van der Waals surface area contributed by atoms with Crippen molar-refractivity contribution in [3.63, 3.8) is 0 Å². The van der Waals surface area contributed by atoms with E-state index in [0.29, 0.717) is 17.2 Å². The van der Waals surface area contributed by atoms with Gasteiger partial charge in [0.05, 0.1) is 6.54 Å². The highest BCUT2D eigenvalue weighted by Gasteiger charge is 2.33. The first-order chi connectivity index (χ1) is 13.2. The fourth-order valence-corrected chi connectivity index (χ4v) is 2.51. The Morgan fingerprint density at radius 1 is 1.43 bits per heavy atom. The van der Waals surface area contributed by atoms with Gasteiger partial charge in [0.2, 0.25) is 5.91 Å². The molecule has 2 atom stereocenters. The number of halogens is 2. The van der Waals surface area contributed by atoms with Crippen LogP contribution >= 0.6 is 11.6 Å². The van der Waals surface area contributed by atoms with Crippen molar-refractivity contribution < 1.29 is 28.1 Å². The Kier molecular flexibility index (Phi) is 7.32.